The molecule has 0 saturated heterocycles. The zero-order chi connectivity index (χ0) is 22.2. The van der Waals surface area contributed by atoms with E-state index in [0.717, 1.165) is 18.7 Å². The number of unbranched alkanes of at least 4 members (excludes halogenated alkanes) is 5. The number of pyridine rings is 1. The van der Waals surface area contributed by atoms with Crippen molar-refractivity contribution in [1.29, 1.82) is 0 Å². The lowest BCUT2D eigenvalue weighted by Crippen LogP contribution is -2.32. The van der Waals surface area contributed by atoms with Gasteiger partial charge in [-0.05, 0) is 37.2 Å². The minimum atomic E-state index is -0.0552. The summed E-state index contributed by atoms with van der Waals surface area (Å²) < 4.78 is 0. The molecule has 1 heterocycles. The van der Waals surface area contributed by atoms with Crippen molar-refractivity contribution in [2.75, 3.05) is 30.3 Å². The van der Waals surface area contributed by atoms with Crippen LogP contribution in [-0.2, 0) is 9.59 Å². The number of hydrogen-bond acceptors (Lipinski definition) is 4. The Bertz CT molecular complexity index is 695. The number of anilines is 2. The smallest absolute Gasteiger partial charge is 0.226 e. The lowest BCUT2D eigenvalue weighted by atomic mass is 10.1. The van der Waals surface area contributed by atoms with E-state index in [9.17, 15) is 9.59 Å². The molecule has 2 N–H and O–H groups in total. The van der Waals surface area contributed by atoms with Crippen molar-refractivity contribution in [3.05, 3.63) is 54.7 Å². The van der Waals surface area contributed by atoms with Crippen LogP contribution in [0.2, 0.25) is 0 Å². The molecule has 0 bridgehead atoms. The fourth-order valence-electron chi connectivity index (χ4n) is 3.36. The number of carbonyl (C=O) groups is 2. The van der Waals surface area contributed by atoms with Crippen LogP contribution in [0.3, 0.4) is 0 Å². The first kappa shape index (κ1) is 24.5. The number of nitrogens with zero attached hydrogens (tertiary/aromatic N) is 2. The molecule has 0 atom stereocenters. The van der Waals surface area contributed by atoms with E-state index in [-0.39, 0.29) is 11.8 Å². The highest BCUT2D eigenvalue weighted by Crippen LogP contribution is 2.09. The summed E-state index contributed by atoms with van der Waals surface area (Å²) in [6.07, 6.45) is 9.79. The highest BCUT2D eigenvalue weighted by Gasteiger charge is 2.11. The van der Waals surface area contributed by atoms with E-state index in [1.807, 2.05) is 42.5 Å². The molecule has 31 heavy (non-hydrogen) atoms. The molecule has 0 saturated carbocycles. The maximum Gasteiger partial charge on any atom is 0.226 e. The molecule has 6 heteroatoms. The standard InChI is InChI=1S/C25H36N4O2/c1-2-3-4-5-6-12-19-29(20-16-24(30)27-22-13-8-7-9-14-22)21-17-25(31)28-23-15-10-11-18-26-23/h7-11,13-15,18H,2-6,12,16-17,19-21H2,1H3,(H,27,30)(H,26,28,31). The van der Waals surface area contributed by atoms with Gasteiger partial charge in [-0.25, -0.2) is 4.98 Å². The maximum atomic E-state index is 12.3. The first-order valence-electron chi connectivity index (χ1n) is 11.5. The third-order valence-electron chi connectivity index (χ3n) is 5.13. The summed E-state index contributed by atoms with van der Waals surface area (Å²) in [6, 6.07) is 14.9. The summed E-state index contributed by atoms with van der Waals surface area (Å²) in [5.74, 6) is 0.509. The SMILES string of the molecule is CCCCCCCCN(CCC(=O)Nc1ccccc1)CCC(=O)Nc1ccccn1. The average molecular weight is 425 g/mol. The molecule has 0 aliphatic rings. The Morgan fingerprint density at radius 2 is 1.42 bits per heavy atom. The average Bonchev–Trinajstić information content (AvgIpc) is 2.78. The van der Waals surface area contributed by atoms with Crippen LogP contribution in [0, 0.1) is 0 Å². The number of aromatic nitrogens is 1. The number of carbonyl (C=O) groups excluding carboxylic acids is 2. The van der Waals surface area contributed by atoms with Gasteiger partial charge in [-0.1, -0.05) is 63.3 Å². The monoisotopic (exact) mass is 424 g/mol. The van der Waals surface area contributed by atoms with Gasteiger partial charge >= 0.3 is 0 Å². The van der Waals surface area contributed by atoms with Gasteiger partial charge in [0.25, 0.3) is 0 Å². The molecule has 2 aromatic rings. The van der Waals surface area contributed by atoms with Gasteiger partial charge in [0.05, 0.1) is 0 Å². The number of nitrogens with one attached hydrogen (secondary N) is 2. The Morgan fingerprint density at radius 3 is 2.10 bits per heavy atom. The highest BCUT2D eigenvalue weighted by molar-refractivity contribution is 5.91. The van der Waals surface area contributed by atoms with Crippen molar-refractivity contribution in [3.8, 4) is 0 Å². The number of benzene rings is 1. The Hall–Kier alpha value is -2.73. The van der Waals surface area contributed by atoms with E-state index in [1.54, 1.807) is 12.3 Å². The van der Waals surface area contributed by atoms with Gasteiger partial charge in [0.1, 0.15) is 5.82 Å². The first-order chi connectivity index (χ1) is 15.2. The van der Waals surface area contributed by atoms with Crippen molar-refractivity contribution in [3.63, 3.8) is 0 Å². The van der Waals surface area contributed by atoms with Crippen LogP contribution in [0.5, 0.6) is 0 Å². The first-order valence-corrected chi connectivity index (χ1v) is 11.5. The van der Waals surface area contributed by atoms with E-state index in [1.165, 1.54) is 32.1 Å². The Morgan fingerprint density at radius 1 is 0.774 bits per heavy atom. The van der Waals surface area contributed by atoms with E-state index >= 15 is 0 Å². The molecule has 6 nitrogen and oxygen atoms in total. The second-order valence-corrected chi connectivity index (χ2v) is 7.79. The molecule has 0 unspecified atom stereocenters. The topological polar surface area (TPSA) is 74.3 Å². The lowest BCUT2D eigenvalue weighted by molar-refractivity contribution is -0.116. The quantitative estimate of drug-likeness (QED) is 0.390. The minimum absolute atomic E-state index is 0.00270. The largest absolute Gasteiger partial charge is 0.326 e. The molecular formula is C25H36N4O2. The minimum Gasteiger partial charge on any atom is -0.326 e. The number of hydrogen-bond donors (Lipinski definition) is 2. The van der Waals surface area contributed by atoms with Crippen molar-refractivity contribution < 1.29 is 9.59 Å². The number of rotatable bonds is 15. The molecule has 168 valence electrons. The summed E-state index contributed by atoms with van der Waals surface area (Å²) in [5, 5.41) is 5.76. The highest BCUT2D eigenvalue weighted by atomic mass is 16.2. The maximum absolute atomic E-state index is 12.3. The zero-order valence-corrected chi connectivity index (χ0v) is 18.7. The summed E-state index contributed by atoms with van der Waals surface area (Å²) >= 11 is 0. The third kappa shape index (κ3) is 11.3. The molecule has 0 aliphatic carbocycles. The normalized spacial score (nSPS) is 10.8. The second-order valence-electron chi connectivity index (χ2n) is 7.79. The van der Waals surface area contributed by atoms with Gasteiger partial charge in [-0.15, -0.1) is 0 Å². The van der Waals surface area contributed by atoms with E-state index in [2.05, 4.69) is 27.4 Å². The molecule has 0 fully saturated rings. The zero-order valence-electron chi connectivity index (χ0n) is 18.7. The third-order valence-corrected chi connectivity index (χ3v) is 5.13. The van der Waals surface area contributed by atoms with Crippen LogP contribution < -0.4 is 10.6 Å². The predicted molar refractivity (Wildman–Crippen MR) is 127 cm³/mol. The van der Waals surface area contributed by atoms with Crippen molar-refractivity contribution in [2.24, 2.45) is 0 Å². The Balaban J connectivity index is 1.77. The molecule has 2 rings (SSSR count). The number of para-hydroxylation sites is 1. The summed E-state index contributed by atoms with van der Waals surface area (Å²) in [7, 11) is 0. The lowest BCUT2D eigenvalue weighted by Gasteiger charge is -2.22. The molecule has 0 spiro atoms. The molecule has 1 aromatic heterocycles. The van der Waals surface area contributed by atoms with Gasteiger partial charge in [-0.3, -0.25) is 9.59 Å². The van der Waals surface area contributed by atoms with E-state index < -0.39 is 0 Å². The van der Waals surface area contributed by atoms with E-state index in [4.69, 9.17) is 0 Å². The van der Waals surface area contributed by atoms with Crippen LogP contribution in [0.4, 0.5) is 11.5 Å². The Labute approximate surface area is 186 Å². The number of amides is 2. The Kier molecular flexibility index (Phi) is 12.0. The van der Waals surface area contributed by atoms with Crippen LogP contribution in [0.25, 0.3) is 0 Å². The predicted octanol–water partition coefficient (Wildman–Crippen LogP) is 5.10. The van der Waals surface area contributed by atoms with E-state index in [0.29, 0.717) is 31.7 Å². The fraction of sp³-hybridized carbons (Fsp3) is 0.480. The summed E-state index contributed by atoms with van der Waals surface area (Å²) in [5.41, 5.74) is 0.810. The van der Waals surface area contributed by atoms with Crippen LogP contribution >= 0.6 is 0 Å². The molecule has 1 aromatic carbocycles. The van der Waals surface area contributed by atoms with Crippen LogP contribution in [0.15, 0.2) is 54.7 Å². The molecule has 2 amide bonds. The van der Waals surface area contributed by atoms with Crippen LogP contribution in [0.1, 0.15) is 58.3 Å². The van der Waals surface area contributed by atoms with Gasteiger partial charge in [-0.2, -0.15) is 0 Å². The van der Waals surface area contributed by atoms with Gasteiger partial charge < -0.3 is 15.5 Å². The van der Waals surface area contributed by atoms with Gasteiger partial charge in [0.2, 0.25) is 11.8 Å². The van der Waals surface area contributed by atoms with Crippen molar-refractivity contribution >= 4 is 23.3 Å². The fourth-order valence-corrected chi connectivity index (χ4v) is 3.36. The van der Waals surface area contributed by atoms with Gasteiger partial charge in [0.15, 0.2) is 0 Å². The van der Waals surface area contributed by atoms with Crippen molar-refractivity contribution in [1.82, 2.24) is 9.88 Å². The second kappa shape index (κ2) is 15.1. The molecule has 0 radical (unpaired) electrons. The van der Waals surface area contributed by atoms with Crippen molar-refractivity contribution in [2.45, 2.75) is 58.3 Å². The van der Waals surface area contributed by atoms with Crippen LogP contribution in [-0.4, -0.2) is 41.3 Å². The van der Waals surface area contributed by atoms with Gasteiger partial charge in [0, 0.05) is 37.8 Å². The molecule has 0 aliphatic heterocycles. The summed E-state index contributed by atoms with van der Waals surface area (Å²) in [4.78, 5) is 31.0. The molecular weight excluding hydrogens is 388 g/mol. The summed E-state index contributed by atoms with van der Waals surface area (Å²) in [6.45, 7) is 4.40.